The highest BCUT2D eigenvalue weighted by Crippen LogP contribution is 2.33. The van der Waals surface area contributed by atoms with Crippen LogP contribution in [0.4, 0.5) is 0 Å². The molecule has 1 aromatic carbocycles. The Labute approximate surface area is 215 Å². The van der Waals surface area contributed by atoms with E-state index in [4.69, 9.17) is 9.73 Å². The van der Waals surface area contributed by atoms with Gasteiger partial charge in [-0.15, -0.1) is 24.0 Å². The summed E-state index contributed by atoms with van der Waals surface area (Å²) in [5.74, 6) is 3.36. The Morgan fingerprint density at radius 1 is 1.06 bits per heavy atom. The van der Waals surface area contributed by atoms with Gasteiger partial charge in [-0.3, -0.25) is 9.80 Å². The number of hydrogen-bond acceptors (Lipinski definition) is 5. The summed E-state index contributed by atoms with van der Waals surface area (Å²) in [6.45, 7) is 12.0. The molecule has 3 fully saturated rings. The van der Waals surface area contributed by atoms with Crippen LogP contribution in [-0.4, -0.2) is 85.3 Å². The summed E-state index contributed by atoms with van der Waals surface area (Å²) in [5.41, 5.74) is 2.90. The van der Waals surface area contributed by atoms with Crippen molar-refractivity contribution in [1.82, 2.24) is 20.4 Å². The van der Waals surface area contributed by atoms with Crippen LogP contribution in [0.5, 0.6) is 0 Å². The third-order valence-electron chi connectivity index (χ3n) is 6.74. The molecule has 1 unspecified atom stereocenters. The van der Waals surface area contributed by atoms with Gasteiger partial charge in [0.1, 0.15) is 0 Å². The van der Waals surface area contributed by atoms with Crippen molar-refractivity contribution in [2.45, 2.75) is 44.8 Å². The molecule has 0 saturated carbocycles. The number of halogens is 1. The van der Waals surface area contributed by atoms with E-state index in [2.05, 4.69) is 63.4 Å². The van der Waals surface area contributed by atoms with E-state index < -0.39 is 0 Å². The molecule has 0 amide bonds. The molecule has 3 aliphatic rings. The Balaban J connectivity index is 0.00000289. The average molecular weight is 574 g/mol. The number of guanidine groups is 1. The molecule has 3 aliphatic heterocycles. The number of nitrogens with one attached hydrogen (secondary N) is 2. The van der Waals surface area contributed by atoms with Gasteiger partial charge in [-0.2, -0.15) is 11.8 Å². The lowest BCUT2D eigenvalue weighted by atomic mass is 9.95. The second-order valence-electron chi connectivity index (χ2n) is 8.97. The first-order valence-electron chi connectivity index (χ1n) is 12.0. The smallest absolute Gasteiger partial charge is 0.191 e. The Bertz CT molecular complexity index is 699. The molecule has 32 heavy (non-hydrogen) atoms. The number of nitrogens with zero attached hydrogens (tertiary/aromatic N) is 3. The van der Waals surface area contributed by atoms with Crippen molar-refractivity contribution < 1.29 is 4.74 Å². The van der Waals surface area contributed by atoms with Crippen molar-refractivity contribution in [3.63, 3.8) is 0 Å². The summed E-state index contributed by atoms with van der Waals surface area (Å²) in [6, 6.07) is 9.02. The van der Waals surface area contributed by atoms with Crippen LogP contribution in [0.15, 0.2) is 29.3 Å². The molecule has 6 nitrogen and oxygen atoms in total. The molecule has 8 heteroatoms. The van der Waals surface area contributed by atoms with Gasteiger partial charge in [0.2, 0.25) is 0 Å². The summed E-state index contributed by atoms with van der Waals surface area (Å²) >= 11 is 2.08. The van der Waals surface area contributed by atoms with Gasteiger partial charge in [0.05, 0.1) is 19.8 Å². The van der Waals surface area contributed by atoms with Crippen LogP contribution in [0.2, 0.25) is 0 Å². The SMILES string of the molecule is CCNC(=NCc1ccc(CN2CCCC2)cc1)NCC1(N2CCOCC2)CCSC1.I. The lowest BCUT2D eigenvalue weighted by molar-refractivity contribution is -0.0120. The Morgan fingerprint density at radius 2 is 1.78 bits per heavy atom. The van der Waals surface area contributed by atoms with Gasteiger partial charge in [0.15, 0.2) is 5.96 Å². The zero-order chi connectivity index (χ0) is 21.4. The van der Waals surface area contributed by atoms with E-state index in [9.17, 15) is 0 Å². The van der Waals surface area contributed by atoms with Crippen LogP contribution < -0.4 is 10.6 Å². The van der Waals surface area contributed by atoms with Crippen molar-refractivity contribution >= 4 is 41.7 Å². The van der Waals surface area contributed by atoms with E-state index in [1.807, 2.05) is 0 Å². The lowest BCUT2D eigenvalue weighted by Gasteiger charge is -2.43. The lowest BCUT2D eigenvalue weighted by Crippen LogP contribution is -2.60. The fourth-order valence-corrected chi connectivity index (χ4v) is 6.32. The second kappa shape index (κ2) is 13.4. The predicted molar refractivity (Wildman–Crippen MR) is 146 cm³/mol. The Morgan fingerprint density at radius 3 is 2.44 bits per heavy atom. The average Bonchev–Trinajstić information content (AvgIpc) is 3.50. The van der Waals surface area contributed by atoms with Gasteiger partial charge in [-0.05, 0) is 56.2 Å². The van der Waals surface area contributed by atoms with Crippen LogP contribution in [0, 0.1) is 0 Å². The monoisotopic (exact) mass is 573 g/mol. The maximum absolute atomic E-state index is 5.59. The van der Waals surface area contributed by atoms with Gasteiger partial charge in [-0.25, -0.2) is 4.99 Å². The maximum Gasteiger partial charge on any atom is 0.191 e. The van der Waals surface area contributed by atoms with Crippen molar-refractivity contribution in [2.75, 3.05) is 64.0 Å². The molecule has 4 rings (SSSR count). The second-order valence-corrected chi connectivity index (χ2v) is 10.1. The van der Waals surface area contributed by atoms with E-state index in [0.717, 1.165) is 51.9 Å². The molecule has 1 aromatic rings. The number of rotatable bonds is 8. The molecule has 3 heterocycles. The van der Waals surface area contributed by atoms with Gasteiger partial charge < -0.3 is 15.4 Å². The number of likely N-dealkylation sites (tertiary alicyclic amines) is 1. The molecule has 2 N–H and O–H groups in total. The molecule has 0 bridgehead atoms. The maximum atomic E-state index is 5.59. The van der Waals surface area contributed by atoms with Gasteiger partial charge in [0, 0.05) is 44.0 Å². The van der Waals surface area contributed by atoms with Crippen molar-refractivity contribution in [3.05, 3.63) is 35.4 Å². The van der Waals surface area contributed by atoms with Crippen LogP contribution >= 0.6 is 35.7 Å². The topological polar surface area (TPSA) is 52.1 Å². The number of hydrogen-bond donors (Lipinski definition) is 2. The van der Waals surface area contributed by atoms with Crippen molar-refractivity contribution in [3.8, 4) is 0 Å². The van der Waals surface area contributed by atoms with E-state index in [-0.39, 0.29) is 29.5 Å². The number of ether oxygens (including phenoxy) is 1. The Kier molecular flexibility index (Phi) is 10.9. The summed E-state index contributed by atoms with van der Waals surface area (Å²) in [7, 11) is 0. The normalized spacial score (nSPS) is 25.0. The summed E-state index contributed by atoms with van der Waals surface area (Å²) < 4.78 is 5.59. The fourth-order valence-electron chi connectivity index (χ4n) is 4.84. The van der Waals surface area contributed by atoms with Crippen LogP contribution in [-0.2, 0) is 17.8 Å². The van der Waals surface area contributed by atoms with E-state index >= 15 is 0 Å². The van der Waals surface area contributed by atoms with Gasteiger partial charge in [0.25, 0.3) is 0 Å². The Hall–Kier alpha value is -0.550. The summed E-state index contributed by atoms with van der Waals surface area (Å²) in [5, 5.41) is 7.11. The molecular formula is C24H40IN5OS. The largest absolute Gasteiger partial charge is 0.379 e. The molecule has 180 valence electrons. The summed E-state index contributed by atoms with van der Waals surface area (Å²) in [4.78, 5) is 10.1. The minimum atomic E-state index is 0. The van der Waals surface area contributed by atoms with Crippen LogP contribution in [0.1, 0.15) is 37.3 Å². The number of thioether (sulfide) groups is 1. The zero-order valence-electron chi connectivity index (χ0n) is 19.5. The minimum Gasteiger partial charge on any atom is -0.379 e. The molecule has 0 aliphatic carbocycles. The van der Waals surface area contributed by atoms with Crippen LogP contribution in [0.3, 0.4) is 0 Å². The third-order valence-corrected chi connectivity index (χ3v) is 7.98. The van der Waals surface area contributed by atoms with E-state index in [1.165, 1.54) is 55.0 Å². The first-order chi connectivity index (χ1) is 15.3. The van der Waals surface area contributed by atoms with Crippen LogP contribution in [0.25, 0.3) is 0 Å². The van der Waals surface area contributed by atoms with E-state index in [1.54, 1.807) is 0 Å². The summed E-state index contributed by atoms with van der Waals surface area (Å²) in [6.07, 6.45) is 3.93. The molecule has 0 aromatic heterocycles. The van der Waals surface area contributed by atoms with Gasteiger partial charge in [-0.1, -0.05) is 24.3 Å². The molecular weight excluding hydrogens is 533 g/mol. The number of benzene rings is 1. The molecule has 0 spiro atoms. The molecule has 0 radical (unpaired) electrons. The number of morpholine rings is 1. The zero-order valence-corrected chi connectivity index (χ0v) is 22.6. The highest BCUT2D eigenvalue weighted by Gasteiger charge is 2.40. The first-order valence-corrected chi connectivity index (χ1v) is 13.2. The standard InChI is InChI=1S/C24H39N5OS.HI/c1-2-25-23(27-19-24(9-16-31-20-24)29-12-14-30-15-13-29)26-17-21-5-7-22(8-6-21)18-28-10-3-4-11-28;/h5-8H,2-4,9-20H2,1H3,(H2,25,26,27);1H. The third kappa shape index (κ3) is 7.22. The van der Waals surface area contributed by atoms with Gasteiger partial charge >= 0.3 is 0 Å². The van der Waals surface area contributed by atoms with Crippen molar-refractivity contribution in [1.29, 1.82) is 0 Å². The highest BCUT2D eigenvalue weighted by atomic mass is 127. The molecule has 1 atom stereocenters. The highest BCUT2D eigenvalue weighted by molar-refractivity contribution is 14.0. The quantitative estimate of drug-likeness (QED) is 0.283. The van der Waals surface area contributed by atoms with E-state index in [0.29, 0.717) is 6.54 Å². The molecule has 3 saturated heterocycles. The van der Waals surface area contributed by atoms with Crippen molar-refractivity contribution in [2.24, 2.45) is 4.99 Å². The fraction of sp³-hybridized carbons (Fsp3) is 0.708. The number of aliphatic imine (C=N–C) groups is 1. The first kappa shape index (κ1) is 26.1. The minimum absolute atomic E-state index is 0. The predicted octanol–water partition coefficient (Wildman–Crippen LogP) is 3.16.